The summed E-state index contributed by atoms with van der Waals surface area (Å²) in [5, 5.41) is 0.740. The van der Waals surface area contributed by atoms with Gasteiger partial charge < -0.3 is 0 Å². The van der Waals surface area contributed by atoms with Crippen molar-refractivity contribution in [2.45, 2.75) is 19.9 Å². The normalized spacial score (nSPS) is 11.8. The summed E-state index contributed by atoms with van der Waals surface area (Å²) < 4.78 is 0. The summed E-state index contributed by atoms with van der Waals surface area (Å²) in [6.45, 7) is 6.30. The van der Waals surface area contributed by atoms with Gasteiger partial charge in [-0.2, -0.15) is 0 Å². The molecule has 0 aliphatic heterocycles. The minimum Gasteiger partial charge on any atom is -0.287 e. The molecule has 2 rings (SSSR count). The Morgan fingerprint density at radius 3 is 2.14 bits per heavy atom. The van der Waals surface area contributed by atoms with Gasteiger partial charge in [0.05, 0.1) is 6.04 Å². The molecule has 0 saturated carbocycles. The number of hydrogen-bond acceptors (Lipinski definition) is 1. The third-order valence-electron chi connectivity index (χ3n) is 3.49. The first-order valence-electron chi connectivity index (χ1n) is 7.30. The van der Waals surface area contributed by atoms with Gasteiger partial charge in [-0.3, -0.25) is 4.90 Å². The fourth-order valence-electron chi connectivity index (χ4n) is 2.29. The van der Waals surface area contributed by atoms with Gasteiger partial charge in [0.25, 0.3) is 0 Å². The maximum atomic E-state index is 5.91. The van der Waals surface area contributed by atoms with E-state index in [9.17, 15) is 0 Å². The lowest BCUT2D eigenvalue weighted by atomic mass is 10.0. The zero-order valence-electron chi connectivity index (χ0n) is 12.5. The van der Waals surface area contributed by atoms with E-state index in [-0.39, 0.29) is 6.04 Å². The van der Waals surface area contributed by atoms with Crippen LogP contribution in [-0.4, -0.2) is 18.0 Å². The highest BCUT2D eigenvalue weighted by atomic mass is 35.5. The smallest absolute Gasteiger partial charge is 0.0974 e. The Bertz CT molecular complexity index is 604. The quantitative estimate of drug-likeness (QED) is 0.735. The zero-order chi connectivity index (χ0) is 15.1. The van der Waals surface area contributed by atoms with Gasteiger partial charge in [-0.15, -0.1) is 0 Å². The average molecular weight is 298 g/mol. The molecule has 0 saturated heterocycles. The fourth-order valence-corrected chi connectivity index (χ4v) is 2.42. The molecule has 2 heteroatoms. The first-order chi connectivity index (χ1) is 10.2. The average Bonchev–Trinajstić information content (AvgIpc) is 2.54. The highest BCUT2D eigenvalue weighted by Crippen LogP contribution is 2.19. The van der Waals surface area contributed by atoms with Gasteiger partial charge in [0.15, 0.2) is 0 Å². The van der Waals surface area contributed by atoms with Crippen molar-refractivity contribution in [3.05, 3.63) is 70.7 Å². The molecule has 0 N–H and O–H groups in total. The molecule has 21 heavy (non-hydrogen) atoms. The van der Waals surface area contributed by atoms with Gasteiger partial charge in [0.2, 0.25) is 0 Å². The maximum Gasteiger partial charge on any atom is 0.0974 e. The van der Waals surface area contributed by atoms with Crippen LogP contribution in [0, 0.1) is 11.8 Å². The van der Waals surface area contributed by atoms with Crippen LogP contribution < -0.4 is 0 Å². The van der Waals surface area contributed by atoms with E-state index >= 15 is 0 Å². The van der Waals surface area contributed by atoms with E-state index in [4.69, 9.17) is 11.6 Å². The van der Waals surface area contributed by atoms with E-state index < -0.39 is 0 Å². The van der Waals surface area contributed by atoms with Crippen LogP contribution in [0.1, 0.15) is 31.0 Å². The van der Waals surface area contributed by atoms with Gasteiger partial charge in [-0.1, -0.05) is 67.6 Å². The topological polar surface area (TPSA) is 3.24 Å². The van der Waals surface area contributed by atoms with Gasteiger partial charge in [0.1, 0.15) is 0 Å². The third-order valence-corrected chi connectivity index (χ3v) is 3.74. The molecule has 0 radical (unpaired) electrons. The Kier molecular flexibility index (Phi) is 5.87. The van der Waals surface area contributed by atoms with Crippen LogP contribution in [-0.2, 0) is 0 Å². The number of rotatable bonds is 4. The van der Waals surface area contributed by atoms with Crippen LogP contribution in [0.15, 0.2) is 54.6 Å². The lowest BCUT2D eigenvalue weighted by Crippen LogP contribution is -2.27. The Morgan fingerprint density at radius 1 is 0.952 bits per heavy atom. The van der Waals surface area contributed by atoms with Crippen molar-refractivity contribution in [1.29, 1.82) is 0 Å². The molecular weight excluding hydrogens is 278 g/mol. The molecule has 1 atom stereocenters. The highest BCUT2D eigenvalue weighted by molar-refractivity contribution is 6.30. The van der Waals surface area contributed by atoms with Crippen molar-refractivity contribution in [1.82, 2.24) is 4.90 Å². The molecule has 1 nitrogen and oxygen atoms in total. The zero-order valence-corrected chi connectivity index (χ0v) is 13.3. The summed E-state index contributed by atoms with van der Waals surface area (Å²) in [6, 6.07) is 18.2. The molecular formula is C19H20ClN. The number of hydrogen-bond donors (Lipinski definition) is 0. The number of benzene rings is 2. The molecule has 0 aliphatic carbocycles. The Morgan fingerprint density at radius 2 is 1.57 bits per heavy atom. The molecule has 0 amide bonds. The van der Waals surface area contributed by atoms with Gasteiger partial charge >= 0.3 is 0 Å². The molecule has 2 aromatic carbocycles. The number of nitrogens with zero attached hydrogens (tertiary/aromatic N) is 1. The predicted octanol–water partition coefficient (Wildman–Crippen LogP) is 4.77. The van der Waals surface area contributed by atoms with E-state index in [0.717, 1.165) is 23.7 Å². The van der Waals surface area contributed by atoms with Gasteiger partial charge in [-0.25, -0.2) is 0 Å². The summed E-state index contributed by atoms with van der Waals surface area (Å²) in [5.41, 5.74) is 2.23. The van der Waals surface area contributed by atoms with Crippen LogP contribution in [0.3, 0.4) is 0 Å². The second-order valence-corrected chi connectivity index (χ2v) is 5.25. The van der Waals surface area contributed by atoms with Gasteiger partial charge in [-0.05, 0) is 42.9 Å². The minimum atomic E-state index is 0.122. The van der Waals surface area contributed by atoms with Crippen molar-refractivity contribution < 1.29 is 0 Å². The second-order valence-electron chi connectivity index (χ2n) is 4.81. The van der Waals surface area contributed by atoms with Crippen molar-refractivity contribution in [2.24, 2.45) is 0 Å². The van der Waals surface area contributed by atoms with Crippen LogP contribution in [0.2, 0.25) is 5.02 Å². The molecule has 0 fully saturated rings. The number of halogens is 1. The van der Waals surface area contributed by atoms with Crippen LogP contribution >= 0.6 is 11.6 Å². The summed E-state index contributed by atoms with van der Waals surface area (Å²) in [4.78, 5) is 2.36. The largest absolute Gasteiger partial charge is 0.287 e. The van der Waals surface area contributed by atoms with Crippen LogP contribution in [0.5, 0.6) is 0 Å². The second kappa shape index (κ2) is 7.88. The summed E-state index contributed by atoms with van der Waals surface area (Å²) in [5.74, 6) is 6.68. The van der Waals surface area contributed by atoms with E-state index in [2.05, 4.69) is 54.9 Å². The highest BCUT2D eigenvalue weighted by Gasteiger charge is 2.14. The van der Waals surface area contributed by atoms with E-state index in [1.165, 1.54) is 5.56 Å². The van der Waals surface area contributed by atoms with Gasteiger partial charge in [0, 0.05) is 10.6 Å². The lowest BCUT2D eigenvalue weighted by Gasteiger charge is -2.25. The van der Waals surface area contributed by atoms with Crippen LogP contribution in [0.4, 0.5) is 0 Å². The summed E-state index contributed by atoms with van der Waals surface area (Å²) in [6.07, 6.45) is 0. The molecule has 108 valence electrons. The van der Waals surface area contributed by atoms with Crippen molar-refractivity contribution in [3.8, 4) is 11.8 Å². The molecule has 0 heterocycles. The molecule has 2 aromatic rings. The molecule has 1 unspecified atom stereocenters. The van der Waals surface area contributed by atoms with Crippen LogP contribution in [0.25, 0.3) is 0 Å². The Balaban J connectivity index is 2.31. The molecule has 0 aliphatic rings. The Hall–Kier alpha value is -1.75. The molecule has 0 spiro atoms. The van der Waals surface area contributed by atoms with E-state index in [0.29, 0.717) is 0 Å². The predicted molar refractivity (Wildman–Crippen MR) is 90.4 cm³/mol. The summed E-state index contributed by atoms with van der Waals surface area (Å²) >= 11 is 5.91. The summed E-state index contributed by atoms with van der Waals surface area (Å²) in [7, 11) is 0. The third kappa shape index (κ3) is 4.36. The minimum absolute atomic E-state index is 0.122. The maximum absolute atomic E-state index is 5.91. The SMILES string of the molecule is CCN(CC)C(C#Cc1ccc(Cl)cc1)c1ccccc1. The van der Waals surface area contributed by atoms with E-state index in [1.807, 2.05) is 30.3 Å². The van der Waals surface area contributed by atoms with Crippen molar-refractivity contribution in [2.75, 3.05) is 13.1 Å². The molecule has 0 bridgehead atoms. The first-order valence-corrected chi connectivity index (χ1v) is 7.68. The van der Waals surface area contributed by atoms with E-state index in [1.54, 1.807) is 0 Å². The Labute approximate surface area is 132 Å². The molecule has 0 aromatic heterocycles. The van der Waals surface area contributed by atoms with Crippen molar-refractivity contribution in [3.63, 3.8) is 0 Å². The monoisotopic (exact) mass is 297 g/mol. The fraction of sp³-hybridized carbons (Fsp3) is 0.263. The van der Waals surface area contributed by atoms with Crippen molar-refractivity contribution >= 4 is 11.6 Å². The first kappa shape index (κ1) is 15.6. The standard InChI is InChI=1S/C19H20ClN/c1-3-21(4-2)19(17-8-6-5-7-9-17)15-12-16-10-13-18(20)14-11-16/h5-11,13-14,19H,3-4H2,1-2H3. The lowest BCUT2D eigenvalue weighted by molar-refractivity contribution is 0.264.